The molecule has 0 aliphatic rings. The fourth-order valence-corrected chi connectivity index (χ4v) is 4.51. The van der Waals surface area contributed by atoms with Gasteiger partial charge in [-0.1, -0.05) is 47.5 Å². The molecule has 4 aromatic heterocycles. The molecule has 5 aromatic rings. The molecule has 0 fully saturated rings. The summed E-state index contributed by atoms with van der Waals surface area (Å²) in [4.78, 5) is 17.6. The minimum Gasteiger partial charge on any atom is -0.304 e. The molecule has 0 saturated heterocycles. The third-order valence-corrected chi connectivity index (χ3v) is 6.59. The lowest BCUT2D eigenvalue weighted by molar-refractivity contribution is -0.142. The van der Waals surface area contributed by atoms with Crippen LogP contribution in [0.4, 0.5) is 19.0 Å². The smallest absolute Gasteiger partial charge is 0.304 e. The zero-order valence-corrected chi connectivity index (χ0v) is 19.8. The summed E-state index contributed by atoms with van der Waals surface area (Å²) in [6.45, 7) is 0.356. The first-order valence-corrected chi connectivity index (χ1v) is 11.6. The highest BCUT2D eigenvalue weighted by molar-refractivity contribution is 7.13. The number of amides is 1. The lowest BCUT2D eigenvalue weighted by Gasteiger charge is -2.10. The van der Waals surface area contributed by atoms with Crippen molar-refractivity contribution in [2.45, 2.75) is 12.7 Å². The number of thiophene rings is 1. The Morgan fingerprint density at radius 3 is 2.60 bits per heavy atom. The number of fused-ring (bicyclic) bond motifs is 1. The Morgan fingerprint density at radius 2 is 1.89 bits per heavy atom. The summed E-state index contributed by atoms with van der Waals surface area (Å²) < 4.78 is 43.4. The first kappa shape index (κ1) is 23.3. The second-order valence-corrected chi connectivity index (χ2v) is 9.08. The number of nitrogens with zero attached hydrogens (tertiary/aromatic N) is 5. The summed E-state index contributed by atoms with van der Waals surface area (Å²) in [6, 6.07) is 13.0. The van der Waals surface area contributed by atoms with Crippen molar-refractivity contribution < 1.29 is 18.0 Å². The Labute approximate surface area is 209 Å². The predicted octanol–water partition coefficient (Wildman–Crippen LogP) is 6.28. The third-order valence-electron chi connectivity index (χ3n) is 4.98. The highest BCUT2D eigenvalue weighted by atomic mass is 35.5. The van der Waals surface area contributed by atoms with Crippen LogP contribution >= 0.6 is 34.5 Å². The summed E-state index contributed by atoms with van der Waals surface area (Å²) in [5.74, 6) is -0.659. The van der Waals surface area contributed by atoms with Gasteiger partial charge in [-0.3, -0.25) is 9.48 Å². The standard InChI is InChI=1S/C22H13Cl2F3N6OS/c23-13-5-2-1-4-12(13)11-32-8-7-17(30-32)29-21(34)19-18(24)20-28-14(15-6-3-9-35-15)10-16(22(25,26)27)33(20)31-19/h1-10H,11H2,(H,29,30,34). The normalized spacial score (nSPS) is 11.8. The number of halogens is 5. The molecule has 0 bridgehead atoms. The Balaban J connectivity index is 1.46. The van der Waals surface area contributed by atoms with Gasteiger partial charge in [-0.15, -0.1) is 11.3 Å². The largest absolute Gasteiger partial charge is 0.433 e. The molecule has 35 heavy (non-hydrogen) atoms. The number of benzene rings is 1. The first-order valence-electron chi connectivity index (χ1n) is 9.99. The van der Waals surface area contributed by atoms with Gasteiger partial charge in [0, 0.05) is 17.3 Å². The van der Waals surface area contributed by atoms with Gasteiger partial charge in [0.2, 0.25) is 0 Å². The topological polar surface area (TPSA) is 77.1 Å². The van der Waals surface area contributed by atoms with Crippen LogP contribution in [0.2, 0.25) is 10.0 Å². The van der Waals surface area contributed by atoms with Gasteiger partial charge in [0.05, 0.1) is 17.1 Å². The van der Waals surface area contributed by atoms with Crippen LogP contribution in [-0.2, 0) is 12.7 Å². The summed E-state index contributed by atoms with van der Waals surface area (Å²) in [5, 5.41) is 12.6. The monoisotopic (exact) mass is 536 g/mol. The van der Waals surface area contributed by atoms with E-state index in [1.807, 2.05) is 18.2 Å². The molecular formula is C22H13Cl2F3N6OS. The quantitative estimate of drug-likeness (QED) is 0.286. The summed E-state index contributed by atoms with van der Waals surface area (Å²) in [7, 11) is 0. The molecule has 5 rings (SSSR count). The van der Waals surface area contributed by atoms with Crippen LogP contribution in [0.1, 0.15) is 21.7 Å². The molecule has 0 atom stereocenters. The van der Waals surface area contributed by atoms with Crippen LogP contribution in [0.3, 0.4) is 0 Å². The van der Waals surface area contributed by atoms with Crippen molar-refractivity contribution in [2.24, 2.45) is 0 Å². The van der Waals surface area contributed by atoms with Crippen molar-refractivity contribution in [3.8, 4) is 10.6 Å². The zero-order valence-electron chi connectivity index (χ0n) is 17.4. The second kappa shape index (κ2) is 8.99. The minimum absolute atomic E-state index is 0.0758. The van der Waals surface area contributed by atoms with Gasteiger partial charge in [-0.25, -0.2) is 9.50 Å². The molecule has 13 heteroatoms. The van der Waals surface area contributed by atoms with Crippen LogP contribution in [0, 0.1) is 0 Å². The van der Waals surface area contributed by atoms with Crippen LogP contribution in [0.5, 0.6) is 0 Å². The maximum absolute atomic E-state index is 13.8. The van der Waals surface area contributed by atoms with Gasteiger partial charge in [0.1, 0.15) is 5.02 Å². The Kier molecular flexibility index (Phi) is 5.99. The van der Waals surface area contributed by atoms with Gasteiger partial charge in [-0.05, 0) is 29.1 Å². The van der Waals surface area contributed by atoms with Crippen LogP contribution < -0.4 is 5.32 Å². The SMILES string of the molecule is O=C(Nc1ccn(Cc2ccccc2Cl)n1)c1nn2c(C(F)(F)F)cc(-c3cccs3)nc2c1Cl. The van der Waals surface area contributed by atoms with E-state index in [4.69, 9.17) is 23.2 Å². The van der Waals surface area contributed by atoms with Crippen molar-refractivity contribution in [3.05, 3.63) is 87.1 Å². The maximum Gasteiger partial charge on any atom is 0.433 e. The minimum atomic E-state index is -4.76. The Hall–Kier alpha value is -3.41. The summed E-state index contributed by atoms with van der Waals surface area (Å²) in [5.41, 5.74) is -0.887. The molecule has 178 valence electrons. The number of hydrogen-bond donors (Lipinski definition) is 1. The van der Waals surface area contributed by atoms with Crippen molar-refractivity contribution >= 4 is 51.9 Å². The van der Waals surface area contributed by atoms with E-state index in [1.54, 1.807) is 34.5 Å². The summed E-state index contributed by atoms with van der Waals surface area (Å²) in [6.07, 6.45) is -3.13. The van der Waals surface area contributed by atoms with Crippen LogP contribution in [-0.4, -0.2) is 30.3 Å². The highest BCUT2D eigenvalue weighted by Gasteiger charge is 2.37. The average molecular weight is 537 g/mol. The number of aromatic nitrogens is 5. The zero-order chi connectivity index (χ0) is 24.7. The molecule has 0 saturated carbocycles. The van der Waals surface area contributed by atoms with Crippen molar-refractivity contribution in [1.82, 2.24) is 24.4 Å². The predicted molar refractivity (Wildman–Crippen MR) is 127 cm³/mol. The first-order chi connectivity index (χ1) is 16.7. The Morgan fingerprint density at radius 1 is 1.09 bits per heavy atom. The van der Waals surface area contributed by atoms with Gasteiger partial charge < -0.3 is 5.32 Å². The fourth-order valence-electron chi connectivity index (χ4n) is 3.38. The molecule has 1 amide bonds. The van der Waals surface area contributed by atoms with E-state index in [9.17, 15) is 18.0 Å². The van der Waals surface area contributed by atoms with E-state index < -0.39 is 23.5 Å². The van der Waals surface area contributed by atoms with Crippen molar-refractivity contribution in [1.29, 1.82) is 0 Å². The average Bonchev–Trinajstić information content (AvgIpc) is 3.55. The molecule has 1 aromatic carbocycles. The van der Waals surface area contributed by atoms with Crippen molar-refractivity contribution in [2.75, 3.05) is 5.32 Å². The van der Waals surface area contributed by atoms with Crippen LogP contribution in [0.25, 0.3) is 16.2 Å². The number of nitrogens with one attached hydrogen (secondary N) is 1. The Bertz CT molecular complexity index is 1540. The van der Waals surface area contributed by atoms with Gasteiger partial charge >= 0.3 is 6.18 Å². The lowest BCUT2D eigenvalue weighted by atomic mass is 10.2. The van der Waals surface area contributed by atoms with E-state index in [-0.39, 0.29) is 22.2 Å². The van der Waals surface area contributed by atoms with E-state index in [2.05, 4.69) is 20.5 Å². The number of carbonyl (C=O) groups is 1. The van der Waals surface area contributed by atoms with Crippen molar-refractivity contribution in [3.63, 3.8) is 0 Å². The number of carbonyl (C=O) groups excluding carboxylic acids is 1. The van der Waals surface area contributed by atoms with E-state index in [1.165, 1.54) is 17.4 Å². The molecule has 0 spiro atoms. The molecule has 0 aliphatic carbocycles. The molecule has 7 nitrogen and oxygen atoms in total. The fraction of sp³-hybridized carbons (Fsp3) is 0.0909. The number of alkyl halides is 3. The van der Waals surface area contributed by atoms with E-state index in [0.29, 0.717) is 21.0 Å². The lowest BCUT2D eigenvalue weighted by Crippen LogP contribution is -2.16. The maximum atomic E-state index is 13.8. The molecule has 1 N–H and O–H groups in total. The molecule has 0 unspecified atom stereocenters. The van der Waals surface area contributed by atoms with Gasteiger partial charge in [0.25, 0.3) is 5.91 Å². The number of rotatable bonds is 5. The van der Waals surface area contributed by atoms with E-state index in [0.717, 1.165) is 11.6 Å². The highest BCUT2D eigenvalue weighted by Crippen LogP contribution is 2.35. The third kappa shape index (κ3) is 4.62. The molecule has 4 heterocycles. The summed E-state index contributed by atoms with van der Waals surface area (Å²) >= 11 is 13.7. The number of anilines is 1. The molecular weight excluding hydrogens is 524 g/mol. The van der Waals surface area contributed by atoms with Gasteiger partial charge in [0.15, 0.2) is 22.9 Å². The molecule has 0 radical (unpaired) electrons. The molecule has 0 aliphatic heterocycles. The second-order valence-electron chi connectivity index (χ2n) is 7.34. The van der Waals surface area contributed by atoms with E-state index >= 15 is 0 Å². The number of hydrogen-bond acceptors (Lipinski definition) is 5. The van der Waals surface area contributed by atoms with Gasteiger partial charge in [-0.2, -0.15) is 23.4 Å². The van der Waals surface area contributed by atoms with Crippen LogP contribution in [0.15, 0.2) is 60.1 Å².